The van der Waals surface area contributed by atoms with Gasteiger partial charge in [0.15, 0.2) is 0 Å². The van der Waals surface area contributed by atoms with E-state index in [0.29, 0.717) is 5.56 Å². The van der Waals surface area contributed by atoms with Crippen LogP contribution in [0.5, 0.6) is 5.75 Å². The summed E-state index contributed by atoms with van der Waals surface area (Å²) in [5.41, 5.74) is 8.82. The molecule has 0 fully saturated rings. The van der Waals surface area contributed by atoms with Crippen LogP contribution in [0.2, 0.25) is 0 Å². The largest absolute Gasteiger partial charge is 0.489 e. The Hall–Kier alpha value is -1.94. The van der Waals surface area contributed by atoms with E-state index in [-0.39, 0.29) is 12.6 Å². The molecule has 0 aliphatic heterocycles. The molecule has 0 aromatic heterocycles. The van der Waals surface area contributed by atoms with Crippen LogP contribution in [-0.4, -0.2) is 0 Å². The number of halogens is 2. The molecule has 0 radical (unpaired) electrons. The van der Waals surface area contributed by atoms with E-state index >= 15 is 0 Å². The van der Waals surface area contributed by atoms with Gasteiger partial charge in [0, 0.05) is 12.1 Å². The van der Waals surface area contributed by atoms with E-state index in [1.807, 2.05) is 18.2 Å². The highest BCUT2D eigenvalue weighted by Gasteiger charge is 2.19. The van der Waals surface area contributed by atoms with Crippen molar-refractivity contribution in [2.75, 3.05) is 0 Å². The fraction of sp³-hybridized carbons (Fsp3) is 0.294. The fourth-order valence-corrected chi connectivity index (χ4v) is 2.84. The number of benzene rings is 2. The lowest BCUT2D eigenvalue weighted by Gasteiger charge is -2.24. The quantitative estimate of drug-likeness (QED) is 0.930. The standard InChI is InChI=1S/C17H17F2NO/c18-12-7-11(8-13(19)9-12)10-21-17-6-2-3-14-15(17)4-1-5-16(14)20/h2-3,6-9,16H,1,4-5,10,20H2. The zero-order valence-electron chi connectivity index (χ0n) is 11.6. The molecule has 1 atom stereocenters. The highest BCUT2D eigenvalue weighted by atomic mass is 19.1. The molecule has 1 aliphatic carbocycles. The van der Waals surface area contributed by atoms with Crippen molar-refractivity contribution in [3.8, 4) is 5.75 Å². The average Bonchev–Trinajstić information content (AvgIpc) is 2.45. The third-order valence-electron chi connectivity index (χ3n) is 3.83. The summed E-state index contributed by atoms with van der Waals surface area (Å²) in [6.45, 7) is 0.139. The van der Waals surface area contributed by atoms with Crippen LogP contribution >= 0.6 is 0 Å². The van der Waals surface area contributed by atoms with Crippen LogP contribution in [0, 0.1) is 11.6 Å². The summed E-state index contributed by atoms with van der Waals surface area (Å²) in [5, 5.41) is 0. The molecule has 2 aromatic carbocycles. The van der Waals surface area contributed by atoms with Crippen LogP contribution in [0.15, 0.2) is 36.4 Å². The van der Waals surface area contributed by atoms with E-state index in [0.717, 1.165) is 42.2 Å². The topological polar surface area (TPSA) is 35.2 Å². The highest BCUT2D eigenvalue weighted by Crippen LogP contribution is 2.34. The zero-order chi connectivity index (χ0) is 14.8. The van der Waals surface area contributed by atoms with E-state index in [1.54, 1.807) is 0 Å². The molecule has 2 nitrogen and oxygen atoms in total. The lowest BCUT2D eigenvalue weighted by Crippen LogP contribution is -2.18. The Morgan fingerprint density at radius 1 is 1.14 bits per heavy atom. The third kappa shape index (κ3) is 3.05. The van der Waals surface area contributed by atoms with E-state index in [9.17, 15) is 8.78 Å². The van der Waals surface area contributed by atoms with Crippen LogP contribution < -0.4 is 10.5 Å². The molecule has 1 aliphatic rings. The SMILES string of the molecule is NC1CCCc2c(OCc3cc(F)cc(F)c3)cccc21. The first-order valence-electron chi connectivity index (χ1n) is 7.08. The van der Waals surface area contributed by atoms with Gasteiger partial charge in [-0.2, -0.15) is 0 Å². The number of ether oxygens (including phenoxy) is 1. The van der Waals surface area contributed by atoms with Crippen molar-refractivity contribution in [2.24, 2.45) is 5.73 Å². The van der Waals surface area contributed by atoms with Crippen LogP contribution in [0.3, 0.4) is 0 Å². The van der Waals surface area contributed by atoms with E-state index in [1.165, 1.54) is 12.1 Å². The van der Waals surface area contributed by atoms with E-state index in [2.05, 4.69) is 0 Å². The smallest absolute Gasteiger partial charge is 0.126 e. The van der Waals surface area contributed by atoms with Crippen molar-refractivity contribution in [3.05, 3.63) is 64.7 Å². The number of hydrogen-bond donors (Lipinski definition) is 1. The number of rotatable bonds is 3. The summed E-state index contributed by atoms with van der Waals surface area (Å²) in [6.07, 6.45) is 2.94. The summed E-state index contributed by atoms with van der Waals surface area (Å²) in [5.74, 6) is -0.427. The van der Waals surface area contributed by atoms with Crippen molar-refractivity contribution in [2.45, 2.75) is 31.9 Å². The second-order valence-corrected chi connectivity index (χ2v) is 5.39. The van der Waals surface area contributed by atoms with Gasteiger partial charge in [0.1, 0.15) is 24.0 Å². The van der Waals surface area contributed by atoms with Gasteiger partial charge in [-0.15, -0.1) is 0 Å². The van der Waals surface area contributed by atoms with Gasteiger partial charge < -0.3 is 10.5 Å². The van der Waals surface area contributed by atoms with Gasteiger partial charge in [0.2, 0.25) is 0 Å². The molecule has 2 N–H and O–H groups in total. The normalized spacial score (nSPS) is 17.4. The number of hydrogen-bond acceptors (Lipinski definition) is 2. The molecule has 0 amide bonds. The predicted octanol–water partition coefficient (Wildman–Crippen LogP) is 3.88. The second-order valence-electron chi connectivity index (χ2n) is 5.39. The van der Waals surface area contributed by atoms with Gasteiger partial charge in [0.25, 0.3) is 0 Å². The van der Waals surface area contributed by atoms with Crippen molar-refractivity contribution < 1.29 is 13.5 Å². The van der Waals surface area contributed by atoms with Crippen molar-refractivity contribution in [3.63, 3.8) is 0 Å². The minimum Gasteiger partial charge on any atom is -0.489 e. The molecule has 0 heterocycles. The summed E-state index contributed by atoms with van der Waals surface area (Å²) in [4.78, 5) is 0. The van der Waals surface area contributed by atoms with E-state index in [4.69, 9.17) is 10.5 Å². The van der Waals surface area contributed by atoms with Gasteiger partial charge in [-0.3, -0.25) is 0 Å². The van der Waals surface area contributed by atoms with Gasteiger partial charge in [-0.05, 0) is 54.2 Å². The molecule has 2 aromatic rings. The molecule has 110 valence electrons. The average molecular weight is 289 g/mol. The maximum atomic E-state index is 13.2. The fourth-order valence-electron chi connectivity index (χ4n) is 2.84. The molecule has 0 bridgehead atoms. The summed E-state index contributed by atoms with van der Waals surface area (Å²) in [6, 6.07) is 9.27. The first-order chi connectivity index (χ1) is 10.1. The van der Waals surface area contributed by atoms with Crippen LogP contribution in [0.1, 0.15) is 35.6 Å². The molecule has 3 rings (SSSR count). The summed E-state index contributed by atoms with van der Waals surface area (Å²) in [7, 11) is 0. The Morgan fingerprint density at radius 3 is 2.67 bits per heavy atom. The van der Waals surface area contributed by atoms with Crippen LogP contribution in [0.25, 0.3) is 0 Å². The number of fused-ring (bicyclic) bond motifs is 1. The minimum atomic E-state index is -0.592. The third-order valence-corrected chi connectivity index (χ3v) is 3.83. The Labute approximate surface area is 122 Å². The van der Waals surface area contributed by atoms with Gasteiger partial charge in [0.05, 0.1) is 0 Å². The molecule has 0 spiro atoms. The van der Waals surface area contributed by atoms with E-state index < -0.39 is 11.6 Å². The van der Waals surface area contributed by atoms with Crippen molar-refractivity contribution in [1.82, 2.24) is 0 Å². The highest BCUT2D eigenvalue weighted by molar-refractivity contribution is 5.43. The zero-order valence-corrected chi connectivity index (χ0v) is 11.6. The molecule has 4 heteroatoms. The maximum absolute atomic E-state index is 13.2. The molecular weight excluding hydrogens is 272 g/mol. The summed E-state index contributed by atoms with van der Waals surface area (Å²) < 4.78 is 32.1. The Morgan fingerprint density at radius 2 is 1.90 bits per heavy atom. The maximum Gasteiger partial charge on any atom is 0.126 e. The van der Waals surface area contributed by atoms with Gasteiger partial charge in [-0.25, -0.2) is 8.78 Å². The Bertz CT molecular complexity index is 637. The molecule has 1 unspecified atom stereocenters. The monoisotopic (exact) mass is 289 g/mol. The second kappa shape index (κ2) is 5.82. The van der Waals surface area contributed by atoms with Crippen molar-refractivity contribution in [1.29, 1.82) is 0 Å². The van der Waals surface area contributed by atoms with Crippen LogP contribution in [-0.2, 0) is 13.0 Å². The lowest BCUT2D eigenvalue weighted by molar-refractivity contribution is 0.299. The summed E-state index contributed by atoms with van der Waals surface area (Å²) >= 11 is 0. The predicted molar refractivity (Wildman–Crippen MR) is 77.0 cm³/mol. The molecule has 0 saturated heterocycles. The number of nitrogens with two attached hydrogens (primary N) is 1. The lowest BCUT2D eigenvalue weighted by atomic mass is 9.87. The first-order valence-corrected chi connectivity index (χ1v) is 7.08. The van der Waals surface area contributed by atoms with Crippen LogP contribution in [0.4, 0.5) is 8.78 Å². The van der Waals surface area contributed by atoms with Gasteiger partial charge in [-0.1, -0.05) is 12.1 Å². The minimum absolute atomic E-state index is 0.0453. The molecule has 0 saturated carbocycles. The van der Waals surface area contributed by atoms with Gasteiger partial charge >= 0.3 is 0 Å². The molecular formula is C17H17F2NO. The Balaban J connectivity index is 1.81. The Kier molecular flexibility index (Phi) is 3.88. The molecule has 21 heavy (non-hydrogen) atoms. The van der Waals surface area contributed by atoms with Crippen molar-refractivity contribution >= 4 is 0 Å². The first kappa shape index (κ1) is 14.0.